The van der Waals surface area contributed by atoms with Crippen LogP contribution in [0.1, 0.15) is 23.3 Å². The molecule has 0 aliphatic heterocycles. The van der Waals surface area contributed by atoms with E-state index in [0.717, 1.165) is 6.42 Å². The van der Waals surface area contributed by atoms with Crippen molar-refractivity contribution in [1.29, 1.82) is 0 Å². The molecule has 1 nitrogen and oxygen atoms in total. The van der Waals surface area contributed by atoms with Crippen LogP contribution in [-0.2, 0) is 6.42 Å². The summed E-state index contributed by atoms with van der Waals surface area (Å²) in [5.74, 6) is 0.664. The maximum Gasteiger partial charge on any atom is 0.0303 e. The van der Waals surface area contributed by atoms with Gasteiger partial charge >= 0.3 is 0 Å². The van der Waals surface area contributed by atoms with Gasteiger partial charge in [0, 0.05) is 17.6 Å². The van der Waals surface area contributed by atoms with Crippen molar-refractivity contribution in [2.45, 2.75) is 18.6 Å². The number of hydrogen-bond donors (Lipinski definition) is 1. The third-order valence-electron chi connectivity index (χ3n) is 2.34. The van der Waals surface area contributed by atoms with Gasteiger partial charge in [-0.05, 0) is 29.5 Å². The highest BCUT2D eigenvalue weighted by Crippen LogP contribution is 2.39. The Balaban J connectivity index is 2.47. The van der Waals surface area contributed by atoms with Crippen LogP contribution in [0.15, 0.2) is 18.5 Å². The second-order valence-electron chi connectivity index (χ2n) is 3.20. The predicted molar refractivity (Wildman–Crippen MR) is 48.8 cm³/mol. The molecule has 1 aliphatic carbocycles. The minimum absolute atomic E-state index is 0.424. The molecule has 1 heterocycles. The highest BCUT2D eigenvalue weighted by atomic mass is 32.1. The molecule has 58 valence electrons. The Morgan fingerprint density at radius 2 is 2.45 bits per heavy atom. The molecule has 1 aromatic heterocycles. The van der Waals surface area contributed by atoms with Gasteiger partial charge in [0.2, 0.25) is 0 Å². The van der Waals surface area contributed by atoms with Crippen molar-refractivity contribution in [3.63, 3.8) is 0 Å². The lowest BCUT2D eigenvalue weighted by Crippen LogP contribution is -1.94. The van der Waals surface area contributed by atoms with Crippen LogP contribution in [-0.4, -0.2) is 4.98 Å². The van der Waals surface area contributed by atoms with E-state index in [1.807, 2.05) is 12.4 Å². The Morgan fingerprint density at radius 3 is 3.18 bits per heavy atom. The van der Waals surface area contributed by atoms with Gasteiger partial charge in [-0.2, -0.15) is 12.6 Å². The van der Waals surface area contributed by atoms with Crippen molar-refractivity contribution >= 4 is 12.6 Å². The third kappa shape index (κ3) is 1.06. The summed E-state index contributed by atoms with van der Waals surface area (Å²) in [6.07, 6.45) is 4.94. The molecule has 1 aliphatic rings. The van der Waals surface area contributed by atoms with Crippen LogP contribution < -0.4 is 0 Å². The number of pyridine rings is 1. The molecule has 2 heteroatoms. The lowest BCUT2D eigenvalue weighted by Gasteiger charge is -2.07. The summed E-state index contributed by atoms with van der Waals surface area (Å²) in [5, 5.41) is 0.424. The van der Waals surface area contributed by atoms with E-state index in [1.165, 1.54) is 11.1 Å². The third-order valence-corrected chi connectivity index (χ3v) is 3.13. The van der Waals surface area contributed by atoms with Gasteiger partial charge in [0.25, 0.3) is 0 Å². The number of fused-ring (bicyclic) bond motifs is 1. The smallest absolute Gasteiger partial charge is 0.0303 e. The minimum atomic E-state index is 0.424. The van der Waals surface area contributed by atoms with Crippen LogP contribution in [0.25, 0.3) is 0 Å². The molecule has 1 aromatic rings. The summed E-state index contributed by atoms with van der Waals surface area (Å²) in [6, 6.07) is 2.08. The van der Waals surface area contributed by atoms with Gasteiger partial charge in [-0.25, -0.2) is 0 Å². The topological polar surface area (TPSA) is 12.9 Å². The molecule has 0 N–H and O–H groups in total. The van der Waals surface area contributed by atoms with Gasteiger partial charge in [0.1, 0.15) is 0 Å². The fourth-order valence-corrected chi connectivity index (χ4v) is 2.02. The molecule has 0 saturated heterocycles. The van der Waals surface area contributed by atoms with Gasteiger partial charge in [-0.15, -0.1) is 0 Å². The second-order valence-corrected chi connectivity index (χ2v) is 3.76. The monoisotopic (exact) mass is 165 g/mol. The average Bonchev–Trinajstić information content (AvgIpc) is 2.30. The molecule has 0 aromatic carbocycles. The van der Waals surface area contributed by atoms with E-state index in [1.54, 1.807) is 0 Å². The lowest BCUT2D eigenvalue weighted by molar-refractivity contribution is 0.618. The van der Waals surface area contributed by atoms with E-state index in [4.69, 9.17) is 0 Å². The fourth-order valence-electron chi connectivity index (χ4n) is 1.66. The van der Waals surface area contributed by atoms with Crippen LogP contribution in [0.3, 0.4) is 0 Å². The Bertz CT molecular complexity index is 272. The predicted octanol–water partition coefficient (Wildman–Crippen LogP) is 2.24. The molecule has 2 unspecified atom stereocenters. The number of thiol groups is 1. The van der Waals surface area contributed by atoms with E-state index in [2.05, 4.69) is 30.6 Å². The van der Waals surface area contributed by atoms with E-state index in [9.17, 15) is 0 Å². The van der Waals surface area contributed by atoms with Crippen LogP contribution >= 0.6 is 12.6 Å². The molecule has 2 atom stereocenters. The second kappa shape index (κ2) is 2.52. The first-order chi connectivity index (χ1) is 5.29. The molecule has 0 bridgehead atoms. The van der Waals surface area contributed by atoms with Gasteiger partial charge in [0.15, 0.2) is 0 Å². The Hall–Kier alpha value is -0.500. The zero-order valence-corrected chi connectivity index (χ0v) is 7.38. The first-order valence-corrected chi connectivity index (χ1v) is 4.41. The fraction of sp³-hybridized carbons (Fsp3) is 0.444. The Kier molecular flexibility index (Phi) is 1.64. The number of nitrogens with zero attached hydrogens (tertiary/aromatic N) is 1. The number of hydrogen-bond acceptors (Lipinski definition) is 2. The number of rotatable bonds is 0. The zero-order valence-electron chi connectivity index (χ0n) is 6.49. The maximum absolute atomic E-state index is 4.54. The normalized spacial score (nSPS) is 28.5. The van der Waals surface area contributed by atoms with E-state index >= 15 is 0 Å². The maximum atomic E-state index is 4.54. The molecule has 0 saturated carbocycles. The summed E-state index contributed by atoms with van der Waals surface area (Å²) in [6.45, 7) is 2.23. The molecular weight excluding hydrogens is 154 g/mol. The number of aromatic nitrogens is 1. The van der Waals surface area contributed by atoms with Gasteiger partial charge < -0.3 is 0 Å². The van der Waals surface area contributed by atoms with E-state index in [0.29, 0.717) is 11.2 Å². The first-order valence-electron chi connectivity index (χ1n) is 3.90. The van der Waals surface area contributed by atoms with Crippen LogP contribution in [0.5, 0.6) is 0 Å². The van der Waals surface area contributed by atoms with Gasteiger partial charge in [-0.1, -0.05) is 6.92 Å². The summed E-state index contributed by atoms with van der Waals surface area (Å²) in [7, 11) is 0. The SMILES string of the molecule is CC1Cc2cnccc2C1S. The summed E-state index contributed by atoms with van der Waals surface area (Å²) in [4.78, 5) is 4.09. The molecule has 0 fully saturated rings. The molecular formula is C9H11NS. The summed E-state index contributed by atoms with van der Waals surface area (Å²) < 4.78 is 0. The van der Waals surface area contributed by atoms with Crippen molar-refractivity contribution in [1.82, 2.24) is 4.98 Å². The van der Waals surface area contributed by atoms with Crippen LogP contribution in [0, 0.1) is 5.92 Å². The van der Waals surface area contributed by atoms with Crippen molar-refractivity contribution in [2.75, 3.05) is 0 Å². The highest BCUT2D eigenvalue weighted by molar-refractivity contribution is 7.80. The summed E-state index contributed by atoms with van der Waals surface area (Å²) >= 11 is 4.54. The first kappa shape index (κ1) is 7.17. The molecule has 0 radical (unpaired) electrons. The highest BCUT2D eigenvalue weighted by Gasteiger charge is 2.25. The molecule has 2 rings (SSSR count). The molecule has 0 amide bonds. The van der Waals surface area contributed by atoms with Crippen LogP contribution in [0.2, 0.25) is 0 Å². The zero-order chi connectivity index (χ0) is 7.84. The largest absolute Gasteiger partial charge is 0.264 e. The molecule has 0 spiro atoms. The van der Waals surface area contributed by atoms with Crippen molar-refractivity contribution in [3.8, 4) is 0 Å². The van der Waals surface area contributed by atoms with Crippen molar-refractivity contribution in [2.24, 2.45) is 5.92 Å². The van der Waals surface area contributed by atoms with Crippen molar-refractivity contribution in [3.05, 3.63) is 29.6 Å². The molecule has 11 heavy (non-hydrogen) atoms. The Morgan fingerprint density at radius 1 is 1.64 bits per heavy atom. The lowest BCUT2D eigenvalue weighted by atomic mass is 10.1. The van der Waals surface area contributed by atoms with Crippen molar-refractivity contribution < 1.29 is 0 Å². The minimum Gasteiger partial charge on any atom is -0.264 e. The summed E-state index contributed by atoms with van der Waals surface area (Å²) in [5.41, 5.74) is 2.75. The van der Waals surface area contributed by atoms with E-state index in [-0.39, 0.29) is 0 Å². The van der Waals surface area contributed by atoms with E-state index < -0.39 is 0 Å². The van der Waals surface area contributed by atoms with Gasteiger partial charge in [-0.3, -0.25) is 4.98 Å². The van der Waals surface area contributed by atoms with Crippen LogP contribution in [0.4, 0.5) is 0 Å². The quantitative estimate of drug-likeness (QED) is 0.582. The Labute approximate surface area is 72.3 Å². The standard InChI is InChI=1S/C9H11NS/c1-6-4-7-5-10-3-2-8(7)9(6)11/h2-3,5-6,9,11H,4H2,1H3. The average molecular weight is 165 g/mol. The van der Waals surface area contributed by atoms with Gasteiger partial charge in [0.05, 0.1) is 0 Å².